The molecule has 0 fully saturated rings. The fraction of sp³-hybridized carbons (Fsp3) is 0.200. The second-order valence-corrected chi connectivity index (χ2v) is 4.97. The van der Waals surface area contributed by atoms with E-state index in [9.17, 15) is 9.59 Å². The molecule has 2 heterocycles. The van der Waals surface area contributed by atoms with Gasteiger partial charge in [-0.2, -0.15) is 0 Å². The molecule has 3 rings (SSSR count). The summed E-state index contributed by atoms with van der Waals surface area (Å²) in [6.45, 7) is 1.02. The number of benzene rings is 1. The zero-order chi connectivity index (χ0) is 15.0. The van der Waals surface area contributed by atoms with E-state index in [-0.39, 0.29) is 5.56 Å². The molecule has 0 amide bonds. The van der Waals surface area contributed by atoms with E-state index in [0.717, 1.165) is 5.56 Å². The quantitative estimate of drug-likeness (QED) is 0.798. The van der Waals surface area contributed by atoms with Gasteiger partial charge in [-0.15, -0.1) is 0 Å². The fourth-order valence-corrected chi connectivity index (χ4v) is 2.42. The maximum Gasteiger partial charge on any atom is 0.262 e. The Labute approximate surface area is 125 Å². The van der Waals surface area contributed by atoms with Gasteiger partial charge >= 0.3 is 0 Å². The lowest BCUT2D eigenvalue weighted by Gasteiger charge is -2.19. The van der Waals surface area contributed by atoms with Gasteiger partial charge in [-0.25, -0.2) is 0 Å². The van der Waals surface area contributed by atoms with Crippen molar-refractivity contribution in [2.24, 2.45) is 7.05 Å². The van der Waals surface area contributed by atoms with Crippen molar-refractivity contribution in [1.29, 1.82) is 0 Å². The molecule has 1 aromatic heterocycles. The third-order valence-corrected chi connectivity index (χ3v) is 3.56. The monoisotopic (exact) mass is 305 g/mol. The number of fused-ring (bicyclic) bond motifs is 1. The van der Waals surface area contributed by atoms with Crippen LogP contribution in [0.5, 0.6) is 11.5 Å². The zero-order valence-corrected chi connectivity index (χ0v) is 12.0. The second kappa shape index (κ2) is 5.26. The Kier molecular flexibility index (Phi) is 3.43. The molecule has 108 valence electrons. The summed E-state index contributed by atoms with van der Waals surface area (Å²) >= 11 is 5.38. The van der Waals surface area contributed by atoms with Crippen molar-refractivity contribution in [3.63, 3.8) is 0 Å². The highest BCUT2D eigenvalue weighted by Crippen LogP contribution is 2.34. The minimum Gasteiger partial charge on any atom is -0.486 e. The van der Waals surface area contributed by atoms with Gasteiger partial charge in [0, 0.05) is 12.6 Å². The number of nitrogens with zero attached hydrogens (tertiary/aromatic N) is 1. The van der Waals surface area contributed by atoms with E-state index in [1.165, 1.54) is 10.6 Å². The summed E-state index contributed by atoms with van der Waals surface area (Å²) in [4.78, 5) is 23.3. The number of rotatable bonds is 2. The minimum atomic E-state index is -0.760. The van der Waals surface area contributed by atoms with Crippen molar-refractivity contribution in [2.45, 2.75) is 0 Å². The number of hydrogen-bond acceptors (Lipinski definition) is 4. The molecule has 0 aliphatic carbocycles. The number of ether oxygens (including phenoxy) is 2. The molecule has 2 aromatic rings. The number of halogens is 1. The number of carbonyl (C=O) groups excluding carboxylic acids is 1. The third-order valence-electron chi connectivity index (χ3n) is 3.35. The van der Waals surface area contributed by atoms with Crippen molar-refractivity contribution in [1.82, 2.24) is 4.57 Å². The van der Waals surface area contributed by atoms with Gasteiger partial charge in [0.2, 0.25) is 0 Å². The van der Waals surface area contributed by atoms with Gasteiger partial charge in [0.15, 0.2) is 11.5 Å². The summed E-state index contributed by atoms with van der Waals surface area (Å²) in [7, 11) is 1.60. The molecule has 0 N–H and O–H groups in total. The molecule has 0 bridgehead atoms. The van der Waals surface area contributed by atoms with E-state index in [1.54, 1.807) is 19.2 Å². The molecule has 1 aliphatic heterocycles. The SMILES string of the molecule is Cn1c(-c2ccc3c(c2)OCCO3)ccc(C(=O)Cl)c1=O. The first kappa shape index (κ1) is 13.7. The third kappa shape index (κ3) is 2.40. The largest absolute Gasteiger partial charge is 0.486 e. The Morgan fingerprint density at radius 3 is 2.57 bits per heavy atom. The van der Waals surface area contributed by atoms with Crippen LogP contribution in [-0.4, -0.2) is 23.0 Å². The average Bonchev–Trinajstić information content (AvgIpc) is 2.49. The lowest BCUT2D eigenvalue weighted by atomic mass is 10.1. The highest BCUT2D eigenvalue weighted by atomic mass is 35.5. The fourth-order valence-electron chi connectivity index (χ4n) is 2.28. The molecule has 5 nitrogen and oxygen atoms in total. The molecule has 1 aromatic carbocycles. The van der Waals surface area contributed by atoms with E-state index < -0.39 is 10.8 Å². The number of aromatic nitrogens is 1. The van der Waals surface area contributed by atoms with E-state index >= 15 is 0 Å². The number of carbonyl (C=O) groups is 1. The second-order valence-electron chi connectivity index (χ2n) is 4.63. The molecule has 0 saturated carbocycles. The van der Waals surface area contributed by atoms with Crippen LogP contribution in [0.1, 0.15) is 10.4 Å². The summed E-state index contributed by atoms with van der Waals surface area (Å²) < 4.78 is 12.4. The van der Waals surface area contributed by atoms with Crippen LogP contribution in [0.4, 0.5) is 0 Å². The van der Waals surface area contributed by atoms with Gasteiger partial charge in [0.25, 0.3) is 10.8 Å². The summed E-state index contributed by atoms with van der Waals surface area (Å²) in [6.07, 6.45) is 0. The molecule has 0 spiro atoms. The summed E-state index contributed by atoms with van der Waals surface area (Å²) in [5, 5.41) is -0.760. The average molecular weight is 306 g/mol. The van der Waals surface area contributed by atoms with Gasteiger partial charge < -0.3 is 14.0 Å². The molecular formula is C15H12ClNO4. The van der Waals surface area contributed by atoms with Gasteiger partial charge in [-0.3, -0.25) is 9.59 Å². The van der Waals surface area contributed by atoms with Crippen molar-refractivity contribution < 1.29 is 14.3 Å². The lowest BCUT2D eigenvalue weighted by Crippen LogP contribution is -2.23. The standard InChI is InChI=1S/C15H12ClNO4/c1-17-11(4-3-10(14(16)18)15(17)19)9-2-5-12-13(8-9)21-7-6-20-12/h2-5,8H,6-7H2,1H3. The Balaban J connectivity index is 2.11. The molecular weight excluding hydrogens is 294 g/mol. The van der Waals surface area contributed by atoms with Crippen LogP contribution in [0.3, 0.4) is 0 Å². The van der Waals surface area contributed by atoms with Crippen LogP contribution < -0.4 is 15.0 Å². The molecule has 0 radical (unpaired) electrons. The van der Waals surface area contributed by atoms with Gasteiger partial charge in [-0.05, 0) is 41.9 Å². The minimum absolute atomic E-state index is 0.0412. The summed E-state index contributed by atoms with van der Waals surface area (Å²) in [5.74, 6) is 1.33. The molecule has 0 unspecified atom stereocenters. The molecule has 0 saturated heterocycles. The topological polar surface area (TPSA) is 57.5 Å². The van der Waals surface area contributed by atoms with Gasteiger partial charge in [-0.1, -0.05) is 0 Å². The van der Waals surface area contributed by atoms with Gasteiger partial charge in [0.05, 0.1) is 11.3 Å². The van der Waals surface area contributed by atoms with E-state index in [1.807, 2.05) is 12.1 Å². The highest BCUT2D eigenvalue weighted by molar-refractivity contribution is 6.67. The number of pyridine rings is 1. The first-order chi connectivity index (χ1) is 10.1. The van der Waals surface area contributed by atoms with Crippen molar-refractivity contribution in [3.8, 4) is 22.8 Å². The predicted octanol–water partition coefficient (Wildman–Crippen LogP) is 2.20. The van der Waals surface area contributed by atoms with Crippen molar-refractivity contribution in [2.75, 3.05) is 13.2 Å². The molecule has 6 heteroatoms. The summed E-state index contributed by atoms with van der Waals surface area (Å²) in [6, 6.07) is 8.57. The van der Waals surface area contributed by atoms with Crippen LogP contribution in [0.2, 0.25) is 0 Å². The highest BCUT2D eigenvalue weighted by Gasteiger charge is 2.15. The lowest BCUT2D eigenvalue weighted by molar-refractivity contribution is 0.107. The van der Waals surface area contributed by atoms with Crippen LogP contribution in [0, 0.1) is 0 Å². The number of hydrogen-bond donors (Lipinski definition) is 0. The zero-order valence-electron chi connectivity index (χ0n) is 11.3. The molecule has 21 heavy (non-hydrogen) atoms. The van der Waals surface area contributed by atoms with Crippen LogP contribution in [0.15, 0.2) is 35.1 Å². The van der Waals surface area contributed by atoms with Crippen LogP contribution >= 0.6 is 11.6 Å². The Hall–Kier alpha value is -2.27. The predicted molar refractivity (Wildman–Crippen MR) is 78.3 cm³/mol. The van der Waals surface area contributed by atoms with Crippen LogP contribution in [-0.2, 0) is 7.05 Å². The van der Waals surface area contributed by atoms with E-state index in [2.05, 4.69) is 0 Å². The van der Waals surface area contributed by atoms with Crippen molar-refractivity contribution >= 4 is 16.8 Å². The summed E-state index contributed by atoms with van der Waals surface area (Å²) in [5.41, 5.74) is 0.994. The maximum atomic E-state index is 12.1. The first-order valence-corrected chi connectivity index (χ1v) is 6.75. The Morgan fingerprint density at radius 1 is 1.14 bits per heavy atom. The molecule has 0 atom stereocenters. The van der Waals surface area contributed by atoms with Gasteiger partial charge in [0.1, 0.15) is 13.2 Å². The molecule has 1 aliphatic rings. The Bertz CT molecular complexity index is 782. The van der Waals surface area contributed by atoms with Crippen molar-refractivity contribution in [3.05, 3.63) is 46.2 Å². The smallest absolute Gasteiger partial charge is 0.262 e. The first-order valence-electron chi connectivity index (χ1n) is 6.38. The van der Waals surface area contributed by atoms with E-state index in [0.29, 0.717) is 30.4 Å². The Morgan fingerprint density at radius 2 is 1.86 bits per heavy atom. The normalized spacial score (nSPS) is 13.0. The maximum absolute atomic E-state index is 12.1. The van der Waals surface area contributed by atoms with Crippen LogP contribution in [0.25, 0.3) is 11.3 Å². The van der Waals surface area contributed by atoms with E-state index in [4.69, 9.17) is 21.1 Å².